The Labute approximate surface area is 249 Å². The second-order valence-corrected chi connectivity index (χ2v) is 10.4. The van der Waals surface area contributed by atoms with Gasteiger partial charge in [-0.05, 0) is 29.7 Å². The number of nitrogens with zero attached hydrogens (tertiary/aromatic N) is 1. The van der Waals surface area contributed by atoms with Crippen molar-refractivity contribution in [3.63, 3.8) is 0 Å². The van der Waals surface area contributed by atoms with Gasteiger partial charge in [0.1, 0.15) is 17.7 Å². The van der Waals surface area contributed by atoms with Crippen LogP contribution in [0.5, 0.6) is 0 Å². The number of piperidine rings is 1. The van der Waals surface area contributed by atoms with Crippen molar-refractivity contribution in [2.45, 2.75) is 31.8 Å². The van der Waals surface area contributed by atoms with E-state index in [0.717, 1.165) is 59.2 Å². The number of rotatable bonds is 8. The monoisotopic (exact) mass is 664 g/mol. The van der Waals surface area contributed by atoms with E-state index in [-0.39, 0.29) is 54.9 Å². The Morgan fingerprint density at radius 2 is 1.65 bits per heavy atom. The number of aryl methyl sites for hydroxylation is 1. The van der Waals surface area contributed by atoms with Crippen molar-refractivity contribution >= 4 is 53.6 Å². The number of carbonyl (C=O) groups excluding carboxylic acids is 3. The number of halogens is 3. The average Bonchev–Trinajstić information content (AvgIpc) is 2.91. The van der Waals surface area contributed by atoms with Crippen LogP contribution in [-0.4, -0.2) is 56.1 Å². The molecule has 40 heavy (non-hydrogen) atoms. The largest absolute Gasteiger partial charge is 0.446 e. The molecule has 1 saturated heterocycles. The molecule has 3 aromatic carbocycles. The number of anilines is 2. The molecule has 0 aliphatic carbocycles. The highest BCUT2D eigenvalue weighted by atomic mass is 127. The van der Waals surface area contributed by atoms with Crippen LogP contribution >= 0.6 is 24.0 Å². The summed E-state index contributed by atoms with van der Waals surface area (Å²) in [6.07, 6.45) is 1.40. The van der Waals surface area contributed by atoms with Crippen LogP contribution in [0.1, 0.15) is 35.2 Å². The Morgan fingerprint density at radius 1 is 0.950 bits per heavy atom. The number of hydrogen-bond acceptors (Lipinski definition) is 4. The van der Waals surface area contributed by atoms with E-state index in [1.165, 1.54) is 0 Å². The molecule has 1 heterocycles. The first-order valence-electron chi connectivity index (χ1n) is 12.9. The van der Waals surface area contributed by atoms with Crippen molar-refractivity contribution in [1.29, 1.82) is 0 Å². The highest BCUT2D eigenvalue weighted by Gasteiger charge is 2.28. The molecule has 0 unspecified atom stereocenters. The third-order valence-electron chi connectivity index (χ3n) is 6.92. The van der Waals surface area contributed by atoms with Gasteiger partial charge in [-0.2, -0.15) is 0 Å². The van der Waals surface area contributed by atoms with Crippen molar-refractivity contribution < 1.29 is 32.4 Å². The Kier molecular flexibility index (Phi) is 10.7. The molecule has 212 valence electrons. The lowest BCUT2D eigenvalue weighted by molar-refractivity contribution is -0.896. The molecule has 2 amide bonds. The van der Waals surface area contributed by atoms with E-state index in [9.17, 15) is 23.2 Å². The maximum atomic E-state index is 14.1. The lowest BCUT2D eigenvalue weighted by Crippen LogP contribution is -2.48. The first-order valence-corrected chi connectivity index (χ1v) is 12.9. The minimum Gasteiger partial charge on any atom is -0.446 e. The number of amides is 2. The lowest BCUT2D eigenvalue weighted by Gasteiger charge is -2.36. The number of likely N-dealkylation sites (tertiary alicyclic amines) is 1. The molecule has 0 bridgehead atoms. The quantitative estimate of drug-likeness (QED) is 0.166. The minimum absolute atomic E-state index is 0. The molecule has 7 nitrogen and oxygen atoms in total. The first-order chi connectivity index (χ1) is 18.6. The van der Waals surface area contributed by atoms with Gasteiger partial charge in [0.15, 0.2) is 6.29 Å². The van der Waals surface area contributed by atoms with Crippen molar-refractivity contribution in [1.82, 2.24) is 0 Å². The fourth-order valence-corrected chi connectivity index (χ4v) is 4.59. The molecule has 10 heteroatoms. The van der Waals surface area contributed by atoms with Crippen molar-refractivity contribution in [2.24, 2.45) is 0 Å². The molecular weight excluding hydrogens is 631 g/mol. The number of carbonyl (C=O) groups is 3. The zero-order chi connectivity index (χ0) is 28.0. The predicted octanol–water partition coefficient (Wildman–Crippen LogP) is 6.42. The third-order valence-corrected chi connectivity index (χ3v) is 6.92. The fraction of sp³-hybridized carbons (Fsp3) is 0.300. The van der Waals surface area contributed by atoms with Gasteiger partial charge >= 0.3 is 6.09 Å². The van der Waals surface area contributed by atoms with Gasteiger partial charge < -0.3 is 14.5 Å². The minimum atomic E-state index is -0.920. The van der Waals surface area contributed by atoms with Crippen LogP contribution in [0.4, 0.5) is 25.0 Å². The predicted molar refractivity (Wildman–Crippen MR) is 161 cm³/mol. The van der Waals surface area contributed by atoms with Crippen LogP contribution < -0.4 is 10.6 Å². The average molecular weight is 665 g/mol. The van der Waals surface area contributed by atoms with Gasteiger partial charge in [0, 0.05) is 30.9 Å². The zero-order valence-electron chi connectivity index (χ0n) is 22.4. The van der Waals surface area contributed by atoms with Gasteiger partial charge in [-0.15, -0.1) is 24.0 Å². The van der Waals surface area contributed by atoms with E-state index >= 15 is 0 Å². The van der Waals surface area contributed by atoms with Gasteiger partial charge in [0.25, 0.3) is 0 Å². The molecule has 0 atom stereocenters. The summed E-state index contributed by atoms with van der Waals surface area (Å²) in [5.41, 5.74) is 2.26. The van der Waals surface area contributed by atoms with Crippen LogP contribution in [0.15, 0.2) is 60.7 Å². The number of nitrogens with one attached hydrogen (secondary N) is 2. The van der Waals surface area contributed by atoms with E-state index < -0.39 is 29.2 Å². The smallest absolute Gasteiger partial charge is 0.411 e. The SMILES string of the molecule is C[N+]1(C)CCC(OC(=O)Nc2cc(CCC(=O)Nc3cc(F)c(C=O)cc3F)ccc2-c2ccccc2)CC1.I. The maximum absolute atomic E-state index is 14.1. The Hall–Kier alpha value is -3.38. The van der Waals surface area contributed by atoms with Crippen molar-refractivity contribution in [3.05, 3.63) is 83.4 Å². The zero-order valence-corrected chi connectivity index (χ0v) is 24.7. The number of ether oxygens (including phenoxy) is 1. The van der Waals surface area contributed by atoms with Crippen LogP contribution in [0.2, 0.25) is 0 Å². The van der Waals surface area contributed by atoms with Gasteiger partial charge in [-0.25, -0.2) is 13.6 Å². The number of hydrogen-bond donors (Lipinski definition) is 2. The molecule has 0 spiro atoms. The molecule has 0 saturated carbocycles. The van der Waals surface area contributed by atoms with Crippen LogP contribution in [0, 0.1) is 11.6 Å². The van der Waals surface area contributed by atoms with E-state index in [4.69, 9.17) is 4.74 Å². The maximum Gasteiger partial charge on any atom is 0.411 e. The van der Waals surface area contributed by atoms with Crippen molar-refractivity contribution in [3.8, 4) is 11.1 Å². The standard InChI is InChI=1S/C30H31F2N3O4.HI/c1-35(2)14-12-23(13-15-35)39-30(38)34-27-16-20(8-10-24(27)21-6-4-3-5-7-21)9-11-29(37)33-28-18-25(31)22(19-36)17-26(28)32;/h3-8,10,16-19,23H,9,11-15H2,1-2H3,(H-,33,34,36,37,38);1H/p+1. The Balaban J connectivity index is 0.00000441. The van der Waals surface area contributed by atoms with Crippen LogP contribution in [0.3, 0.4) is 0 Å². The molecule has 1 aliphatic heterocycles. The molecule has 3 aromatic rings. The van der Waals surface area contributed by atoms with E-state index in [1.54, 1.807) is 6.07 Å². The molecule has 2 N–H and O–H groups in total. The highest BCUT2D eigenvalue weighted by Crippen LogP contribution is 2.30. The van der Waals surface area contributed by atoms with Gasteiger partial charge in [0.2, 0.25) is 5.91 Å². The number of quaternary nitrogens is 1. The molecule has 0 aromatic heterocycles. The van der Waals surface area contributed by atoms with Gasteiger partial charge in [0.05, 0.1) is 44.1 Å². The summed E-state index contributed by atoms with van der Waals surface area (Å²) in [5.74, 6) is -2.34. The van der Waals surface area contributed by atoms with E-state index in [1.807, 2.05) is 42.5 Å². The third kappa shape index (κ3) is 8.31. The topological polar surface area (TPSA) is 84.5 Å². The summed E-state index contributed by atoms with van der Waals surface area (Å²) >= 11 is 0. The second kappa shape index (κ2) is 13.8. The summed E-state index contributed by atoms with van der Waals surface area (Å²) in [6.45, 7) is 1.87. The normalized spacial score (nSPS) is 14.5. The number of benzene rings is 3. The Bertz CT molecular complexity index is 1360. The van der Waals surface area contributed by atoms with E-state index in [2.05, 4.69) is 24.7 Å². The lowest BCUT2D eigenvalue weighted by atomic mass is 9.99. The first kappa shape index (κ1) is 31.2. The van der Waals surface area contributed by atoms with Gasteiger partial charge in [-0.1, -0.05) is 42.5 Å². The molecule has 1 fully saturated rings. The second-order valence-electron chi connectivity index (χ2n) is 10.4. The van der Waals surface area contributed by atoms with Crippen LogP contribution in [0.25, 0.3) is 11.1 Å². The summed E-state index contributed by atoms with van der Waals surface area (Å²) in [6, 6.07) is 16.6. The molecule has 0 radical (unpaired) electrons. The molecule has 1 aliphatic rings. The summed E-state index contributed by atoms with van der Waals surface area (Å²) in [4.78, 5) is 36.1. The number of aldehydes is 1. The van der Waals surface area contributed by atoms with Crippen LogP contribution in [-0.2, 0) is 16.0 Å². The van der Waals surface area contributed by atoms with E-state index in [0.29, 0.717) is 5.69 Å². The Morgan fingerprint density at radius 3 is 2.33 bits per heavy atom. The molecular formula is C30H33F2IN3O4+. The summed E-state index contributed by atoms with van der Waals surface area (Å²) in [7, 11) is 4.32. The summed E-state index contributed by atoms with van der Waals surface area (Å²) < 4.78 is 34.6. The van der Waals surface area contributed by atoms with Crippen molar-refractivity contribution in [2.75, 3.05) is 37.8 Å². The molecule has 4 rings (SSSR count). The highest BCUT2D eigenvalue weighted by molar-refractivity contribution is 14.0. The fourth-order valence-electron chi connectivity index (χ4n) is 4.59. The summed E-state index contributed by atoms with van der Waals surface area (Å²) in [5, 5.41) is 5.23. The van der Waals surface area contributed by atoms with Gasteiger partial charge in [-0.3, -0.25) is 14.9 Å².